The summed E-state index contributed by atoms with van der Waals surface area (Å²) in [7, 11) is 1.96. The van der Waals surface area contributed by atoms with E-state index < -0.39 is 0 Å². The monoisotopic (exact) mass is 242 g/mol. The first kappa shape index (κ1) is 11.1. The van der Waals surface area contributed by atoms with Crippen molar-refractivity contribution in [1.29, 1.82) is 0 Å². The fourth-order valence-corrected chi connectivity index (χ4v) is 2.71. The minimum atomic E-state index is 0.803. The predicted molar refractivity (Wildman–Crippen MR) is 73.6 cm³/mol. The van der Waals surface area contributed by atoms with Crippen LogP contribution in [0.25, 0.3) is 0 Å². The molecule has 1 aliphatic rings. The van der Waals surface area contributed by atoms with Gasteiger partial charge in [-0.15, -0.1) is 0 Å². The molecule has 4 heteroatoms. The minimum Gasteiger partial charge on any atom is -0.394 e. The summed E-state index contributed by atoms with van der Waals surface area (Å²) in [5.41, 5.74) is 10.7. The lowest BCUT2D eigenvalue weighted by Gasteiger charge is -2.30. The number of benzene rings is 1. The number of hydrogen-bond acceptors (Lipinski definition) is 3. The zero-order valence-corrected chi connectivity index (χ0v) is 10.8. The van der Waals surface area contributed by atoms with E-state index in [0.29, 0.717) is 0 Å². The van der Waals surface area contributed by atoms with Gasteiger partial charge in [0.25, 0.3) is 0 Å². The van der Waals surface area contributed by atoms with E-state index in [9.17, 15) is 0 Å². The van der Waals surface area contributed by atoms with Crippen molar-refractivity contribution in [3.63, 3.8) is 0 Å². The van der Waals surface area contributed by atoms with E-state index in [2.05, 4.69) is 34.3 Å². The number of fused-ring (bicyclic) bond motifs is 1. The summed E-state index contributed by atoms with van der Waals surface area (Å²) in [6.07, 6.45) is 1.07. The molecule has 1 aromatic carbocycles. The Bertz CT molecular complexity index is 585. The molecule has 4 nitrogen and oxygen atoms in total. The van der Waals surface area contributed by atoms with E-state index >= 15 is 0 Å². The Morgan fingerprint density at radius 2 is 1.94 bits per heavy atom. The van der Waals surface area contributed by atoms with Crippen molar-refractivity contribution < 1.29 is 0 Å². The van der Waals surface area contributed by atoms with Crippen LogP contribution in [0.1, 0.15) is 16.8 Å². The van der Waals surface area contributed by atoms with Gasteiger partial charge in [0.2, 0.25) is 0 Å². The smallest absolute Gasteiger partial charge is 0.150 e. The van der Waals surface area contributed by atoms with Gasteiger partial charge in [-0.3, -0.25) is 4.68 Å². The quantitative estimate of drug-likeness (QED) is 0.830. The number of nitrogens with two attached hydrogens (primary N) is 1. The normalized spacial score (nSPS) is 14.7. The van der Waals surface area contributed by atoms with Crippen LogP contribution in [0.4, 0.5) is 11.5 Å². The third-order valence-electron chi connectivity index (χ3n) is 3.67. The van der Waals surface area contributed by atoms with E-state index in [0.717, 1.165) is 36.7 Å². The molecule has 0 spiro atoms. The van der Waals surface area contributed by atoms with Crippen molar-refractivity contribution in [3.8, 4) is 0 Å². The number of aromatic nitrogens is 2. The van der Waals surface area contributed by atoms with Crippen LogP contribution in [0.5, 0.6) is 0 Å². The van der Waals surface area contributed by atoms with Gasteiger partial charge >= 0.3 is 0 Å². The average Bonchev–Trinajstić information content (AvgIpc) is 2.63. The van der Waals surface area contributed by atoms with Crippen LogP contribution in [0.2, 0.25) is 0 Å². The average molecular weight is 242 g/mol. The highest BCUT2D eigenvalue weighted by atomic mass is 15.4. The van der Waals surface area contributed by atoms with Gasteiger partial charge in [0, 0.05) is 20.1 Å². The molecule has 0 unspecified atom stereocenters. The zero-order valence-electron chi connectivity index (χ0n) is 10.8. The summed E-state index contributed by atoms with van der Waals surface area (Å²) >= 11 is 0. The van der Waals surface area contributed by atoms with Gasteiger partial charge in [-0.25, -0.2) is 0 Å². The second-order valence-electron chi connectivity index (χ2n) is 4.89. The van der Waals surface area contributed by atoms with Crippen molar-refractivity contribution in [2.24, 2.45) is 7.05 Å². The van der Waals surface area contributed by atoms with Crippen LogP contribution in [0.15, 0.2) is 24.3 Å². The highest BCUT2D eigenvalue weighted by Gasteiger charge is 2.21. The van der Waals surface area contributed by atoms with Crippen LogP contribution in [-0.2, 0) is 20.0 Å². The van der Waals surface area contributed by atoms with Gasteiger partial charge in [0.15, 0.2) is 5.82 Å². The fourth-order valence-electron chi connectivity index (χ4n) is 2.71. The zero-order chi connectivity index (χ0) is 12.7. The SMILES string of the molecule is Cc1nn(C)c(N2CCc3ccccc3C2)c1N. The Morgan fingerprint density at radius 1 is 1.22 bits per heavy atom. The van der Waals surface area contributed by atoms with E-state index in [4.69, 9.17) is 5.73 Å². The molecule has 2 aromatic rings. The largest absolute Gasteiger partial charge is 0.394 e. The summed E-state index contributed by atoms with van der Waals surface area (Å²) in [6, 6.07) is 8.61. The number of anilines is 2. The van der Waals surface area contributed by atoms with Crippen LogP contribution in [-0.4, -0.2) is 16.3 Å². The van der Waals surface area contributed by atoms with Crippen molar-refractivity contribution in [2.75, 3.05) is 17.2 Å². The number of rotatable bonds is 1. The molecule has 2 heterocycles. The lowest BCUT2D eigenvalue weighted by atomic mass is 10.00. The van der Waals surface area contributed by atoms with E-state index in [1.807, 2.05) is 18.7 Å². The molecule has 0 bridgehead atoms. The molecule has 18 heavy (non-hydrogen) atoms. The molecule has 1 aliphatic heterocycles. The van der Waals surface area contributed by atoms with Gasteiger partial charge in [-0.1, -0.05) is 24.3 Å². The van der Waals surface area contributed by atoms with Gasteiger partial charge in [-0.2, -0.15) is 5.10 Å². The lowest BCUT2D eigenvalue weighted by Crippen LogP contribution is -2.32. The molecule has 0 saturated carbocycles. The molecule has 1 aromatic heterocycles. The van der Waals surface area contributed by atoms with Gasteiger partial charge in [0.05, 0.1) is 11.4 Å². The van der Waals surface area contributed by atoms with Gasteiger partial charge in [-0.05, 0) is 24.5 Å². The molecule has 3 rings (SSSR count). The van der Waals surface area contributed by atoms with E-state index in [-0.39, 0.29) is 0 Å². The van der Waals surface area contributed by atoms with E-state index in [1.165, 1.54) is 11.1 Å². The highest BCUT2D eigenvalue weighted by molar-refractivity contribution is 5.66. The number of hydrogen-bond donors (Lipinski definition) is 1. The molecule has 0 aliphatic carbocycles. The fraction of sp³-hybridized carbons (Fsp3) is 0.357. The first-order chi connectivity index (χ1) is 8.66. The number of nitrogen functional groups attached to an aromatic ring is 1. The first-order valence-electron chi connectivity index (χ1n) is 6.27. The number of nitrogens with zero attached hydrogens (tertiary/aromatic N) is 3. The Morgan fingerprint density at radius 3 is 2.61 bits per heavy atom. The maximum absolute atomic E-state index is 6.13. The maximum Gasteiger partial charge on any atom is 0.150 e. The van der Waals surface area contributed by atoms with Gasteiger partial charge < -0.3 is 10.6 Å². The molecule has 2 N–H and O–H groups in total. The Hall–Kier alpha value is -1.97. The van der Waals surface area contributed by atoms with Crippen molar-refractivity contribution >= 4 is 11.5 Å². The van der Waals surface area contributed by atoms with E-state index in [1.54, 1.807) is 0 Å². The summed E-state index contributed by atoms with van der Waals surface area (Å²) in [6.45, 7) is 3.87. The van der Waals surface area contributed by atoms with Crippen LogP contribution >= 0.6 is 0 Å². The summed E-state index contributed by atoms with van der Waals surface area (Å²) in [5, 5.41) is 4.39. The predicted octanol–water partition coefficient (Wildman–Crippen LogP) is 1.87. The third-order valence-corrected chi connectivity index (χ3v) is 3.67. The molecule has 0 fully saturated rings. The van der Waals surface area contributed by atoms with Crippen molar-refractivity contribution in [2.45, 2.75) is 19.9 Å². The standard InChI is InChI=1S/C14H18N4/c1-10-13(15)14(17(2)16-10)18-8-7-11-5-3-4-6-12(11)9-18/h3-6H,7-9,15H2,1-2H3. The highest BCUT2D eigenvalue weighted by Crippen LogP contribution is 2.30. The molecular formula is C14H18N4. The molecule has 0 saturated heterocycles. The van der Waals surface area contributed by atoms with Crippen molar-refractivity contribution in [1.82, 2.24) is 9.78 Å². The maximum atomic E-state index is 6.13. The van der Waals surface area contributed by atoms with Crippen LogP contribution < -0.4 is 10.6 Å². The summed E-state index contributed by atoms with van der Waals surface area (Å²) in [5.74, 6) is 1.04. The lowest BCUT2D eigenvalue weighted by molar-refractivity contribution is 0.669. The Balaban J connectivity index is 1.97. The Kier molecular flexibility index (Phi) is 2.51. The molecule has 94 valence electrons. The number of aryl methyl sites for hydroxylation is 2. The first-order valence-corrected chi connectivity index (χ1v) is 6.27. The van der Waals surface area contributed by atoms with Crippen LogP contribution in [0.3, 0.4) is 0 Å². The topological polar surface area (TPSA) is 47.1 Å². The Labute approximate surface area is 107 Å². The molecule has 0 amide bonds. The van der Waals surface area contributed by atoms with Gasteiger partial charge in [0.1, 0.15) is 0 Å². The minimum absolute atomic E-state index is 0.803. The summed E-state index contributed by atoms with van der Waals surface area (Å²) in [4.78, 5) is 2.32. The summed E-state index contributed by atoms with van der Waals surface area (Å²) < 4.78 is 1.89. The second kappa shape index (κ2) is 4.05. The molecular weight excluding hydrogens is 224 g/mol. The van der Waals surface area contributed by atoms with Crippen LogP contribution in [0, 0.1) is 6.92 Å². The molecule has 0 atom stereocenters. The molecule has 0 radical (unpaired) electrons. The second-order valence-corrected chi connectivity index (χ2v) is 4.89. The third kappa shape index (κ3) is 1.65. The van der Waals surface area contributed by atoms with Crippen molar-refractivity contribution in [3.05, 3.63) is 41.1 Å².